The molecule has 0 saturated heterocycles. The minimum absolute atomic E-state index is 0.0352. The Kier molecular flexibility index (Phi) is 4.36. The summed E-state index contributed by atoms with van der Waals surface area (Å²) < 4.78 is 4.45. The predicted octanol–water partition coefficient (Wildman–Crippen LogP) is 1.14. The Morgan fingerprint density at radius 2 is 2.29 bits per heavy atom. The van der Waals surface area contributed by atoms with Crippen molar-refractivity contribution >= 4 is 17.7 Å². The molecule has 0 aliphatic heterocycles. The molecule has 6 heteroatoms. The molecule has 6 nitrogen and oxygen atoms in total. The van der Waals surface area contributed by atoms with Gasteiger partial charge in [0.15, 0.2) is 0 Å². The number of carbonyl (C=O) groups excluding carboxylic acids is 1. The van der Waals surface area contributed by atoms with Crippen LogP contribution in [0.3, 0.4) is 0 Å². The maximum Gasteiger partial charge on any atom is 0.336 e. The average Bonchev–Trinajstić information content (AvgIpc) is 2.35. The van der Waals surface area contributed by atoms with Gasteiger partial charge in [0, 0.05) is 12.1 Å². The molecule has 1 aromatic rings. The van der Waals surface area contributed by atoms with Crippen LogP contribution < -0.4 is 0 Å². The Balaban J connectivity index is 3.07. The van der Waals surface area contributed by atoms with Crippen LogP contribution in [0.15, 0.2) is 29.8 Å². The van der Waals surface area contributed by atoms with Gasteiger partial charge in [-0.2, -0.15) is 0 Å². The Morgan fingerprint density at radius 3 is 2.82 bits per heavy atom. The van der Waals surface area contributed by atoms with E-state index in [0.29, 0.717) is 5.56 Å². The number of aliphatic hydroxyl groups excluding tert-OH is 1. The average molecular weight is 237 g/mol. The number of benzene rings is 1. The lowest BCUT2D eigenvalue weighted by Gasteiger charge is -2.01. The van der Waals surface area contributed by atoms with Crippen molar-refractivity contribution in [3.8, 4) is 0 Å². The molecule has 1 aromatic carbocycles. The zero-order valence-corrected chi connectivity index (χ0v) is 9.12. The molecule has 0 radical (unpaired) electrons. The fourth-order valence-corrected chi connectivity index (χ4v) is 1.23. The molecule has 17 heavy (non-hydrogen) atoms. The van der Waals surface area contributed by atoms with Gasteiger partial charge in [0.05, 0.1) is 24.2 Å². The zero-order valence-electron chi connectivity index (χ0n) is 9.12. The number of ether oxygens (including phenoxy) is 1. The number of nitro groups is 1. The second kappa shape index (κ2) is 5.76. The molecule has 1 rings (SSSR count). The zero-order chi connectivity index (χ0) is 12.8. The summed E-state index contributed by atoms with van der Waals surface area (Å²) in [4.78, 5) is 21.2. The Morgan fingerprint density at radius 1 is 1.59 bits per heavy atom. The second-order valence-corrected chi connectivity index (χ2v) is 3.17. The van der Waals surface area contributed by atoms with E-state index in [1.807, 2.05) is 0 Å². The van der Waals surface area contributed by atoms with Gasteiger partial charge >= 0.3 is 5.97 Å². The molecule has 0 aliphatic carbocycles. The summed E-state index contributed by atoms with van der Waals surface area (Å²) in [7, 11) is 1.19. The van der Waals surface area contributed by atoms with Crippen molar-refractivity contribution in [2.75, 3.05) is 13.7 Å². The topological polar surface area (TPSA) is 89.7 Å². The Labute approximate surface area is 97.3 Å². The predicted molar refractivity (Wildman–Crippen MR) is 60.2 cm³/mol. The molecular weight excluding hydrogens is 226 g/mol. The summed E-state index contributed by atoms with van der Waals surface area (Å²) in [5.41, 5.74) is 0.405. The first-order valence-corrected chi connectivity index (χ1v) is 4.72. The fourth-order valence-electron chi connectivity index (χ4n) is 1.23. The number of hydrogen-bond acceptors (Lipinski definition) is 5. The van der Waals surface area contributed by atoms with Crippen LogP contribution in [0, 0.1) is 10.1 Å². The largest absolute Gasteiger partial charge is 0.466 e. The molecule has 0 spiro atoms. The maximum absolute atomic E-state index is 11.2. The summed E-state index contributed by atoms with van der Waals surface area (Å²) in [5.74, 6) is -0.668. The maximum atomic E-state index is 11.2. The van der Waals surface area contributed by atoms with Crippen molar-refractivity contribution in [2.45, 2.75) is 0 Å². The first kappa shape index (κ1) is 12.9. The molecule has 0 saturated carbocycles. The van der Waals surface area contributed by atoms with Crippen LogP contribution in [0.5, 0.6) is 0 Å². The number of non-ortho nitro benzene ring substituents is 1. The van der Waals surface area contributed by atoms with Gasteiger partial charge in [0.1, 0.15) is 0 Å². The van der Waals surface area contributed by atoms with Crippen molar-refractivity contribution in [1.29, 1.82) is 0 Å². The van der Waals surface area contributed by atoms with E-state index < -0.39 is 17.5 Å². The molecule has 90 valence electrons. The minimum atomic E-state index is -0.668. The third kappa shape index (κ3) is 3.39. The summed E-state index contributed by atoms with van der Waals surface area (Å²) in [6.45, 7) is -0.491. The minimum Gasteiger partial charge on any atom is -0.466 e. The Hall–Kier alpha value is -2.21. The van der Waals surface area contributed by atoms with Crippen LogP contribution in [-0.4, -0.2) is 29.7 Å². The van der Waals surface area contributed by atoms with E-state index in [9.17, 15) is 14.9 Å². The van der Waals surface area contributed by atoms with Crippen molar-refractivity contribution in [3.05, 3.63) is 45.5 Å². The number of carbonyl (C=O) groups is 1. The van der Waals surface area contributed by atoms with E-state index in [1.165, 1.54) is 31.4 Å². The normalized spacial score (nSPS) is 11.1. The van der Waals surface area contributed by atoms with Crippen LogP contribution in [0.1, 0.15) is 5.56 Å². The molecule has 0 aliphatic rings. The van der Waals surface area contributed by atoms with Gasteiger partial charge in [-0.05, 0) is 11.6 Å². The molecular formula is C11H11NO5. The third-order valence-corrected chi connectivity index (χ3v) is 2.04. The number of esters is 1. The summed E-state index contributed by atoms with van der Waals surface area (Å²) in [6.07, 6.45) is 1.35. The van der Waals surface area contributed by atoms with Gasteiger partial charge in [-0.1, -0.05) is 12.1 Å². The number of methoxy groups -OCH3 is 1. The van der Waals surface area contributed by atoms with Crippen molar-refractivity contribution in [1.82, 2.24) is 0 Å². The van der Waals surface area contributed by atoms with E-state index in [2.05, 4.69) is 4.74 Å². The smallest absolute Gasteiger partial charge is 0.336 e. The lowest BCUT2D eigenvalue weighted by atomic mass is 10.1. The number of hydrogen-bond donors (Lipinski definition) is 1. The number of rotatable bonds is 4. The second-order valence-electron chi connectivity index (χ2n) is 3.17. The SMILES string of the molecule is COC(=O)/C(=C/c1cccc([N+](=O)[O-])c1)CO. The standard InChI is InChI=1S/C11H11NO5/c1-17-11(14)9(7-13)5-8-3-2-4-10(6-8)12(15)16/h2-6,13H,7H2,1H3/b9-5+. The van der Waals surface area contributed by atoms with Crippen LogP contribution >= 0.6 is 0 Å². The highest BCUT2D eigenvalue weighted by Crippen LogP contribution is 2.15. The first-order chi connectivity index (χ1) is 8.08. The number of nitro benzene ring substituents is 1. The van der Waals surface area contributed by atoms with Gasteiger partial charge in [-0.3, -0.25) is 10.1 Å². The van der Waals surface area contributed by atoms with E-state index in [1.54, 1.807) is 6.07 Å². The van der Waals surface area contributed by atoms with Crippen molar-refractivity contribution < 1.29 is 19.6 Å². The third-order valence-electron chi connectivity index (χ3n) is 2.04. The molecule has 0 fully saturated rings. The van der Waals surface area contributed by atoms with Crippen molar-refractivity contribution in [2.24, 2.45) is 0 Å². The monoisotopic (exact) mass is 237 g/mol. The highest BCUT2D eigenvalue weighted by Gasteiger charge is 2.09. The summed E-state index contributed by atoms with van der Waals surface area (Å²) >= 11 is 0. The highest BCUT2D eigenvalue weighted by molar-refractivity contribution is 5.93. The molecule has 0 heterocycles. The van der Waals surface area contributed by atoms with E-state index in [-0.39, 0.29) is 11.3 Å². The molecule has 1 N–H and O–H groups in total. The molecule has 0 unspecified atom stereocenters. The van der Waals surface area contributed by atoms with Gasteiger partial charge in [-0.15, -0.1) is 0 Å². The summed E-state index contributed by atoms with van der Waals surface area (Å²) in [5, 5.41) is 19.5. The van der Waals surface area contributed by atoms with Crippen molar-refractivity contribution in [3.63, 3.8) is 0 Å². The van der Waals surface area contributed by atoms with Gasteiger partial charge in [0.2, 0.25) is 0 Å². The van der Waals surface area contributed by atoms with E-state index in [4.69, 9.17) is 5.11 Å². The first-order valence-electron chi connectivity index (χ1n) is 4.72. The van der Waals surface area contributed by atoms with Crippen LogP contribution in [0.4, 0.5) is 5.69 Å². The summed E-state index contributed by atoms with van der Waals surface area (Å²) in [6, 6.07) is 5.73. The lowest BCUT2D eigenvalue weighted by Crippen LogP contribution is -2.07. The molecule has 0 atom stereocenters. The van der Waals surface area contributed by atoms with Crippen LogP contribution in [-0.2, 0) is 9.53 Å². The van der Waals surface area contributed by atoms with Crippen LogP contribution in [0.2, 0.25) is 0 Å². The van der Waals surface area contributed by atoms with Gasteiger partial charge in [0.25, 0.3) is 5.69 Å². The van der Waals surface area contributed by atoms with Gasteiger partial charge < -0.3 is 9.84 Å². The molecule has 0 aromatic heterocycles. The van der Waals surface area contributed by atoms with E-state index in [0.717, 1.165) is 0 Å². The molecule has 0 bridgehead atoms. The van der Waals surface area contributed by atoms with E-state index >= 15 is 0 Å². The lowest BCUT2D eigenvalue weighted by molar-refractivity contribution is -0.384. The number of aliphatic hydroxyl groups is 1. The molecule has 0 amide bonds. The van der Waals surface area contributed by atoms with Crippen LogP contribution in [0.25, 0.3) is 6.08 Å². The highest BCUT2D eigenvalue weighted by atomic mass is 16.6. The Bertz CT molecular complexity index is 467. The quantitative estimate of drug-likeness (QED) is 0.367. The van der Waals surface area contributed by atoms with Gasteiger partial charge in [-0.25, -0.2) is 4.79 Å². The fraction of sp³-hybridized carbons (Fsp3) is 0.182. The number of nitrogens with zero attached hydrogens (tertiary/aromatic N) is 1.